The Kier molecular flexibility index (Phi) is 5.20. The van der Waals surface area contributed by atoms with Crippen LogP contribution in [0.25, 0.3) is 0 Å². The van der Waals surface area contributed by atoms with Crippen molar-refractivity contribution >= 4 is 27.5 Å². The molecule has 0 aliphatic heterocycles. The number of allylic oxidation sites excluding steroid dienone is 2. The van der Waals surface area contributed by atoms with Gasteiger partial charge >= 0.3 is 0 Å². The SMILES string of the molecule is Fc1ccc(Br)cc1CC=CCCCl. The fourth-order valence-electron chi connectivity index (χ4n) is 1.09. The Balaban J connectivity index is 2.62. The smallest absolute Gasteiger partial charge is 0.126 e. The number of rotatable bonds is 4. The van der Waals surface area contributed by atoms with E-state index in [-0.39, 0.29) is 5.82 Å². The third-order valence-electron chi connectivity index (χ3n) is 1.79. The van der Waals surface area contributed by atoms with Gasteiger partial charge in [0.05, 0.1) is 0 Å². The van der Waals surface area contributed by atoms with E-state index in [1.54, 1.807) is 12.1 Å². The van der Waals surface area contributed by atoms with Crippen LogP contribution in [0, 0.1) is 5.82 Å². The fraction of sp³-hybridized carbons (Fsp3) is 0.273. The lowest BCUT2D eigenvalue weighted by Gasteiger charge is -1.99. The number of benzene rings is 1. The molecule has 0 aliphatic carbocycles. The van der Waals surface area contributed by atoms with Gasteiger partial charge in [0.15, 0.2) is 0 Å². The van der Waals surface area contributed by atoms with Gasteiger partial charge in [-0.1, -0.05) is 28.1 Å². The summed E-state index contributed by atoms with van der Waals surface area (Å²) in [5.74, 6) is 0.445. The minimum atomic E-state index is -0.163. The zero-order valence-corrected chi connectivity index (χ0v) is 9.98. The van der Waals surface area contributed by atoms with E-state index in [0.29, 0.717) is 17.9 Å². The van der Waals surface area contributed by atoms with Gasteiger partial charge in [-0.05, 0) is 36.6 Å². The summed E-state index contributed by atoms with van der Waals surface area (Å²) in [5, 5.41) is 0. The molecule has 0 nitrogen and oxygen atoms in total. The molecule has 1 aromatic carbocycles. The molecule has 0 heterocycles. The maximum atomic E-state index is 13.2. The standard InChI is InChI=1S/C11H11BrClF/c12-10-5-6-11(14)9(8-10)4-2-1-3-7-13/h1-2,5-6,8H,3-4,7H2. The van der Waals surface area contributed by atoms with Crippen molar-refractivity contribution in [2.45, 2.75) is 12.8 Å². The highest BCUT2D eigenvalue weighted by atomic mass is 79.9. The number of halogens is 3. The molecular formula is C11H11BrClF. The highest BCUT2D eigenvalue weighted by Crippen LogP contribution is 2.16. The van der Waals surface area contributed by atoms with E-state index < -0.39 is 0 Å². The molecular weight excluding hydrogens is 266 g/mol. The van der Waals surface area contributed by atoms with E-state index in [1.165, 1.54) is 6.07 Å². The van der Waals surface area contributed by atoms with E-state index in [1.807, 2.05) is 12.2 Å². The summed E-state index contributed by atoms with van der Waals surface area (Å²) in [5.41, 5.74) is 0.699. The molecule has 0 saturated heterocycles. The summed E-state index contributed by atoms with van der Waals surface area (Å²) in [7, 11) is 0. The Bertz CT molecular complexity index is 323. The van der Waals surface area contributed by atoms with Gasteiger partial charge in [0.2, 0.25) is 0 Å². The van der Waals surface area contributed by atoms with Gasteiger partial charge in [0, 0.05) is 10.4 Å². The van der Waals surface area contributed by atoms with Crippen LogP contribution < -0.4 is 0 Å². The van der Waals surface area contributed by atoms with E-state index in [2.05, 4.69) is 15.9 Å². The quantitative estimate of drug-likeness (QED) is 0.568. The van der Waals surface area contributed by atoms with Crippen molar-refractivity contribution in [2.75, 3.05) is 5.88 Å². The van der Waals surface area contributed by atoms with E-state index in [0.717, 1.165) is 10.9 Å². The molecule has 0 spiro atoms. The summed E-state index contributed by atoms with van der Waals surface area (Å²) in [6.45, 7) is 0. The zero-order valence-electron chi connectivity index (χ0n) is 7.64. The van der Waals surface area contributed by atoms with Gasteiger partial charge in [-0.3, -0.25) is 0 Å². The molecule has 0 N–H and O–H groups in total. The summed E-state index contributed by atoms with van der Waals surface area (Å²) in [4.78, 5) is 0. The van der Waals surface area contributed by atoms with Crippen molar-refractivity contribution in [3.05, 3.63) is 46.2 Å². The first-order chi connectivity index (χ1) is 6.74. The molecule has 1 rings (SSSR count). The molecule has 0 unspecified atom stereocenters. The van der Waals surface area contributed by atoms with Gasteiger partial charge in [0.1, 0.15) is 5.82 Å². The van der Waals surface area contributed by atoms with Crippen LogP contribution in [0.5, 0.6) is 0 Å². The van der Waals surface area contributed by atoms with Crippen molar-refractivity contribution in [3.8, 4) is 0 Å². The van der Waals surface area contributed by atoms with Crippen molar-refractivity contribution in [2.24, 2.45) is 0 Å². The van der Waals surface area contributed by atoms with Crippen LogP contribution in [0.2, 0.25) is 0 Å². The zero-order chi connectivity index (χ0) is 10.4. The molecule has 1 aromatic rings. The monoisotopic (exact) mass is 276 g/mol. The Morgan fingerprint density at radius 1 is 1.36 bits per heavy atom. The summed E-state index contributed by atoms with van der Waals surface area (Å²) in [6.07, 6.45) is 5.35. The highest BCUT2D eigenvalue weighted by molar-refractivity contribution is 9.10. The van der Waals surface area contributed by atoms with Crippen molar-refractivity contribution in [1.82, 2.24) is 0 Å². The van der Waals surface area contributed by atoms with Crippen LogP contribution in [0.3, 0.4) is 0 Å². The predicted octanol–water partition coefficient (Wildman–Crippen LogP) is 4.32. The maximum Gasteiger partial charge on any atom is 0.126 e. The third kappa shape index (κ3) is 3.81. The lowest BCUT2D eigenvalue weighted by atomic mass is 10.1. The van der Waals surface area contributed by atoms with Crippen LogP contribution >= 0.6 is 27.5 Å². The van der Waals surface area contributed by atoms with E-state index >= 15 is 0 Å². The fourth-order valence-corrected chi connectivity index (χ4v) is 1.63. The van der Waals surface area contributed by atoms with Gasteiger partial charge in [-0.25, -0.2) is 4.39 Å². The minimum Gasteiger partial charge on any atom is -0.207 e. The normalized spacial score (nSPS) is 11.1. The molecule has 14 heavy (non-hydrogen) atoms. The Hall–Kier alpha value is -0.340. The van der Waals surface area contributed by atoms with Crippen molar-refractivity contribution in [3.63, 3.8) is 0 Å². The molecule has 0 aromatic heterocycles. The Morgan fingerprint density at radius 3 is 2.86 bits per heavy atom. The van der Waals surface area contributed by atoms with Crippen LogP contribution in [0.1, 0.15) is 12.0 Å². The molecule has 0 amide bonds. The van der Waals surface area contributed by atoms with Crippen LogP contribution in [0.4, 0.5) is 4.39 Å². The second-order valence-electron chi connectivity index (χ2n) is 2.89. The minimum absolute atomic E-state index is 0.163. The summed E-state index contributed by atoms with van der Waals surface area (Å²) >= 11 is 8.81. The third-order valence-corrected chi connectivity index (χ3v) is 2.50. The molecule has 0 saturated carbocycles. The van der Waals surface area contributed by atoms with Crippen molar-refractivity contribution < 1.29 is 4.39 Å². The maximum absolute atomic E-state index is 13.2. The molecule has 76 valence electrons. The lowest BCUT2D eigenvalue weighted by Crippen LogP contribution is -1.87. The molecule has 0 fully saturated rings. The van der Waals surface area contributed by atoms with Crippen LogP contribution in [-0.4, -0.2) is 5.88 Å². The first kappa shape index (κ1) is 11.7. The number of hydrogen-bond donors (Lipinski definition) is 0. The number of alkyl halides is 1. The first-order valence-electron chi connectivity index (χ1n) is 4.39. The molecule has 0 bridgehead atoms. The second-order valence-corrected chi connectivity index (χ2v) is 4.18. The second kappa shape index (κ2) is 6.20. The van der Waals surface area contributed by atoms with Gasteiger partial charge in [-0.15, -0.1) is 11.6 Å². The topological polar surface area (TPSA) is 0 Å². The van der Waals surface area contributed by atoms with Crippen molar-refractivity contribution in [1.29, 1.82) is 0 Å². The van der Waals surface area contributed by atoms with Gasteiger partial charge < -0.3 is 0 Å². The molecule has 0 radical (unpaired) electrons. The average molecular weight is 278 g/mol. The summed E-state index contributed by atoms with van der Waals surface area (Å²) in [6, 6.07) is 4.95. The Labute approximate surface area is 96.9 Å². The average Bonchev–Trinajstić information content (AvgIpc) is 2.18. The highest BCUT2D eigenvalue weighted by Gasteiger charge is 1.99. The summed E-state index contributed by atoms with van der Waals surface area (Å²) < 4.78 is 14.1. The Morgan fingerprint density at radius 2 is 2.14 bits per heavy atom. The lowest BCUT2D eigenvalue weighted by molar-refractivity contribution is 0.614. The number of hydrogen-bond acceptors (Lipinski definition) is 0. The van der Waals surface area contributed by atoms with Gasteiger partial charge in [0.25, 0.3) is 0 Å². The molecule has 0 aliphatic rings. The van der Waals surface area contributed by atoms with Crippen LogP contribution in [-0.2, 0) is 6.42 Å². The van der Waals surface area contributed by atoms with Crippen LogP contribution in [0.15, 0.2) is 34.8 Å². The molecule has 3 heteroatoms. The largest absolute Gasteiger partial charge is 0.207 e. The first-order valence-corrected chi connectivity index (χ1v) is 5.71. The predicted molar refractivity (Wildman–Crippen MR) is 62.3 cm³/mol. The van der Waals surface area contributed by atoms with Gasteiger partial charge in [-0.2, -0.15) is 0 Å². The van der Waals surface area contributed by atoms with E-state index in [9.17, 15) is 4.39 Å². The van der Waals surface area contributed by atoms with E-state index in [4.69, 9.17) is 11.6 Å². The molecule has 0 atom stereocenters.